The molecule has 31 heavy (non-hydrogen) atoms. The molecular weight excluding hydrogens is 394 g/mol. The minimum Gasteiger partial charge on any atom is -0.497 e. The van der Waals surface area contributed by atoms with E-state index in [4.69, 9.17) is 18.9 Å². The van der Waals surface area contributed by atoms with Gasteiger partial charge in [-0.05, 0) is 56.2 Å². The molecule has 174 valence electrons. The lowest BCUT2D eigenvalue weighted by molar-refractivity contribution is -0.0721. The fraction of sp³-hybridized carbons (Fsp3) is 0.708. The van der Waals surface area contributed by atoms with Gasteiger partial charge in [0.1, 0.15) is 5.75 Å². The van der Waals surface area contributed by atoms with Gasteiger partial charge in [0, 0.05) is 39.9 Å². The molecule has 7 nitrogen and oxygen atoms in total. The molecule has 2 aliphatic rings. The van der Waals surface area contributed by atoms with Crippen LogP contribution < -0.4 is 10.1 Å². The molecule has 0 amide bonds. The van der Waals surface area contributed by atoms with Crippen molar-refractivity contribution in [3.63, 3.8) is 0 Å². The molecule has 1 N–H and O–H groups in total. The van der Waals surface area contributed by atoms with Crippen LogP contribution in [0.1, 0.15) is 44.1 Å². The Hall–Kier alpha value is -1.83. The van der Waals surface area contributed by atoms with Gasteiger partial charge in [-0.25, -0.2) is 0 Å². The van der Waals surface area contributed by atoms with Crippen molar-refractivity contribution in [3.05, 3.63) is 29.8 Å². The third-order valence-corrected chi connectivity index (χ3v) is 5.92. The van der Waals surface area contributed by atoms with Crippen LogP contribution in [0.4, 0.5) is 0 Å². The molecular formula is C24H39N3O4. The molecule has 0 spiro atoms. The Labute approximate surface area is 187 Å². The maximum atomic E-state index is 6.12. The predicted octanol–water partition coefficient (Wildman–Crippen LogP) is 3.23. The number of hydrogen-bond donors (Lipinski definition) is 1. The standard InChI is InChI=1S/C24H39N3O4/c1-25-24(26-13-5-16-29-18-20-7-9-21(28-2)10-8-20)27-14-11-22(12-15-27)31-19-23-6-3-4-17-30-23/h7-10,22-23H,3-6,11-19H2,1-2H3,(H,25,26). The number of ether oxygens (including phenoxy) is 4. The summed E-state index contributed by atoms with van der Waals surface area (Å²) in [5, 5.41) is 3.47. The number of rotatable bonds is 10. The molecule has 1 atom stereocenters. The topological polar surface area (TPSA) is 64.6 Å². The summed E-state index contributed by atoms with van der Waals surface area (Å²) in [5.74, 6) is 1.84. The van der Waals surface area contributed by atoms with E-state index in [0.717, 1.165) is 82.4 Å². The van der Waals surface area contributed by atoms with Crippen molar-refractivity contribution in [2.24, 2.45) is 4.99 Å². The Balaban J connectivity index is 1.24. The van der Waals surface area contributed by atoms with Gasteiger partial charge >= 0.3 is 0 Å². The molecule has 3 rings (SSSR count). The molecule has 0 saturated carbocycles. The van der Waals surface area contributed by atoms with E-state index in [-0.39, 0.29) is 0 Å². The summed E-state index contributed by atoms with van der Waals surface area (Å²) < 4.78 is 22.9. The smallest absolute Gasteiger partial charge is 0.193 e. The molecule has 7 heteroatoms. The molecule has 1 aromatic carbocycles. The maximum absolute atomic E-state index is 6.12. The van der Waals surface area contributed by atoms with Crippen molar-refractivity contribution in [2.45, 2.75) is 57.3 Å². The van der Waals surface area contributed by atoms with Crippen molar-refractivity contribution in [1.82, 2.24) is 10.2 Å². The summed E-state index contributed by atoms with van der Waals surface area (Å²) in [7, 11) is 3.53. The van der Waals surface area contributed by atoms with Gasteiger partial charge in [0.05, 0.1) is 32.5 Å². The summed E-state index contributed by atoms with van der Waals surface area (Å²) in [6, 6.07) is 7.99. The number of hydrogen-bond acceptors (Lipinski definition) is 5. The Morgan fingerprint density at radius 1 is 1.16 bits per heavy atom. The van der Waals surface area contributed by atoms with Crippen LogP contribution in [0.25, 0.3) is 0 Å². The highest BCUT2D eigenvalue weighted by molar-refractivity contribution is 5.79. The second-order valence-corrected chi connectivity index (χ2v) is 8.24. The summed E-state index contributed by atoms with van der Waals surface area (Å²) in [4.78, 5) is 6.78. The lowest BCUT2D eigenvalue weighted by Gasteiger charge is -2.35. The molecule has 0 aliphatic carbocycles. The summed E-state index contributed by atoms with van der Waals surface area (Å²) in [6.45, 7) is 5.78. The molecule has 0 aromatic heterocycles. The molecule has 2 aliphatic heterocycles. The lowest BCUT2D eigenvalue weighted by Crippen LogP contribution is -2.47. The minimum absolute atomic E-state index is 0.299. The molecule has 0 bridgehead atoms. The van der Waals surface area contributed by atoms with E-state index in [1.54, 1.807) is 7.11 Å². The first-order chi connectivity index (χ1) is 15.3. The summed E-state index contributed by atoms with van der Waals surface area (Å²) >= 11 is 0. The summed E-state index contributed by atoms with van der Waals surface area (Å²) in [6.07, 6.45) is 7.25. The number of piperidine rings is 1. The van der Waals surface area contributed by atoms with Crippen molar-refractivity contribution >= 4 is 5.96 Å². The van der Waals surface area contributed by atoms with Gasteiger partial charge in [-0.15, -0.1) is 0 Å². The highest BCUT2D eigenvalue weighted by atomic mass is 16.5. The van der Waals surface area contributed by atoms with Crippen LogP contribution in [0.5, 0.6) is 5.75 Å². The van der Waals surface area contributed by atoms with Gasteiger partial charge < -0.3 is 29.2 Å². The fourth-order valence-electron chi connectivity index (χ4n) is 4.04. The van der Waals surface area contributed by atoms with Crippen LogP contribution in [0.2, 0.25) is 0 Å². The van der Waals surface area contributed by atoms with Gasteiger partial charge in [-0.2, -0.15) is 0 Å². The highest BCUT2D eigenvalue weighted by Gasteiger charge is 2.23. The zero-order valence-corrected chi connectivity index (χ0v) is 19.2. The summed E-state index contributed by atoms with van der Waals surface area (Å²) in [5.41, 5.74) is 1.16. The number of nitrogens with zero attached hydrogens (tertiary/aromatic N) is 2. The van der Waals surface area contributed by atoms with Gasteiger partial charge in [0.25, 0.3) is 0 Å². The monoisotopic (exact) mass is 433 g/mol. The molecule has 0 radical (unpaired) electrons. The zero-order chi connectivity index (χ0) is 21.7. The molecule has 1 aromatic rings. The number of benzene rings is 1. The van der Waals surface area contributed by atoms with E-state index in [1.807, 2.05) is 31.3 Å². The molecule has 2 heterocycles. The van der Waals surface area contributed by atoms with E-state index in [2.05, 4.69) is 15.2 Å². The third kappa shape index (κ3) is 8.31. The van der Waals surface area contributed by atoms with Gasteiger partial charge in [0.15, 0.2) is 5.96 Å². The van der Waals surface area contributed by atoms with Crippen molar-refractivity contribution in [1.29, 1.82) is 0 Å². The maximum Gasteiger partial charge on any atom is 0.193 e. The first-order valence-electron chi connectivity index (χ1n) is 11.7. The van der Waals surface area contributed by atoms with Crippen molar-refractivity contribution in [2.75, 3.05) is 53.6 Å². The highest BCUT2D eigenvalue weighted by Crippen LogP contribution is 2.18. The Bertz CT molecular complexity index is 639. The lowest BCUT2D eigenvalue weighted by atomic mass is 10.1. The van der Waals surface area contributed by atoms with E-state index >= 15 is 0 Å². The van der Waals surface area contributed by atoms with Crippen LogP contribution in [0, 0.1) is 0 Å². The van der Waals surface area contributed by atoms with Gasteiger partial charge in [-0.1, -0.05) is 12.1 Å². The van der Waals surface area contributed by atoms with Crippen LogP contribution >= 0.6 is 0 Å². The van der Waals surface area contributed by atoms with Crippen molar-refractivity contribution < 1.29 is 18.9 Å². The van der Waals surface area contributed by atoms with E-state index < -0.39 is 0 Å². The average Bonchev–Trinajstić information content (AvgIpc) is 2.84. The van der Waals surface area contributed by atoms with Crippen LogP contribution in [0.3, 0.4) is 0 Å². The first kappa shape index (κ1) is 23.8. The Kier molecular flexibility index (Phi) is 10.4. The second-order valence-electron chi connectivity index (χ2n) is 8.24. The van der Waals surface area contributed by atoms with E-state index in [1.165, 1.54) is 12.8 Å². The van der Waals surface area contributed by atoms with Gasteiger partial charge in [0.2, 0.25) is 0 Å². The molecule has 1 unspecified atom stereocenters. The van der Waals surface area contributed by atoms with Gasteiger partial charge in [-0.3, -0.25) is 4.99 Å². The Morgan fingerprint density at radius 2 is 1.97 bits per heavy atom. The third-order valence-electron chi connectivity index (χ3n) is 5.92. The molecule has 2 saturated heterocycles. The van der Waals surface area contributed by atoms with Crippen LogP contribution in [-0.2, 0) is 20.8 Å². The van der Waals surface area contributed by atoms with E-state index in [0.29, 0.717) is 18.8 Å². The number of methoxy groups -OCH3 is 1. The zero-order valence-electron chi connectivity index (χ0n) is 19.2. The minimum atomic E-state index is 0.299. The normalized spacial score (nSPS) is 20.6. The quantitative estimate of drug-likeness (QED) is 0.347. The number of nitrogens with one attached hydrogen (secondary N) is 1. The number of guanidine groups is 1. The van der Waals surface area contributed by atoms with Crippen LogP contribution in [0.15, 0.2) is 29.3 Å². The molecule has 2 fully saturated rings. The number of aliphatic imine (C=N–C) groups is 1. The fourth-order valence-corrected chi connectivity index (χ4v) is 4.04. The average molecular weight is 434 g/mol. The SMILES string of the molecule is CN=C(NCCCOCc1ccc(OC)cc1)N1CCC(OCC2CCCCO2)CC1. The first-order valence-corrected chi connectivity index (χ1v) is 11.7. The van der Waals surface area contributed by atoms with Crippen molar-refractivity contribution in [3.8, 4) is 5.75 Å². The second kappa shape index (κ2) is 13.6. The Morgan fingerprint density at radius 3 is 2.65 bits per heavy atom. The largest absolute Gasteiger partial charge is 0.497 e. The number of likely N-dealkylation sites (tertiary alicyclic amines) is 1. The predicted molar refractivity (Wildman–Crippen MR) is 123 cm³/mol. The van der Waals surface area contributed by atoms with Crippen LogP contribution in [-0.4, -0.2) is 76.7 Å². The van der Waals surface area contributed by atoms with E-state index in [9.17, 15) is 0 Å².